The van der Waals surface area contributed by atoms with E-state index >= 15 is 0 Å². The lowest BCUT2D eigenvalue weighted by Gasteiger charge is -2.16. The van der Waals surface area contributed by atoms with E-state index in [4.69, 9.17) is 15.6 Å². The topological polar surface area (TPSA) is 150 Å². The van der Waals surface area contributed by atoms with Crippen LogP contribution in [0, 0.1) is 11.5 Å². The zero-order valence-electron chi connectivity index (χ0n) is 15.7. The molecule has 9 nitrogen and oxygen atoms in total. The van der Waals surface area contributed by atoms with Crippen LogP contribution < -0.4 is 10.5 Å². The van der Waals surface area contributed by atoms with Crippen LogP contribution in [0.4, 0.5) is 0 Å². The predicted molar refractivity (Wildman–Crippen MR) is 107 cm³/mol. The number of carbonyl (C=O) groups excluding carboxylic acids is 1. The number of aromatic hydroxyl groups is 1. The van der Waals surface area contributed by atoms with E-state index in [0.29, 0.717) is 16.9 Å². The van der Waals surface area contributed by atoms with Gasteiger partial charge in [0.25, 0.3) is 5.91 Å². The smallest absolute Gasteiger partial charge is 0.320 e. The summed E-state index contributed by atoms with van der Waals surface area (Å²) < 4.78 is 5.77. The maximum atomic E-state index is 12.9. The van der Waals surface area contributed by atoms with Gasteiger partial charge < -0.3 is 20.7 Å². The van der Waals surface area contributed by atoms with Gasteiger partial charge in [0.1, 0.15) is 29.0 Å². The third kappa shape index (κ3) is 4.45. The number of nitrogens with two attached hydrogens (primary N) is 1. The van der Waals surface area contributed by atoms with E-state index in [1.807, 2.05) is 18.2 Å². The highest BCUT2D eigenvalue weighted by molar-refractivity contribution is 6.07. The number of benzene rings is 2. The molecule has 0 bridgehead atoms. The maximum Gasteiger partial charge on any atom is 0.320 e. The first-order chi connectivity index (χ1) is 14.4. The fourth-order valence-electron chi connectivity index (χ4n) is 2.78. The van der Waals surface area contributed by atoms with E-state index in [-0.39, 0.29) is 29.8 Å². The Kier molecular flexibility index (Phi) is 6.10. The molecule has 3 aromatic rings. The van der Waals surface area contributed by atoms with E-state index in [0.717, 1.165) is 11.1 Å². The summed E-state index contributed by atoms with van der Waals surface area (Å²) >= 11 is 0. The summed E-state index contributed by atoms with van der Waals surface area (Å²) in [4.78, 5) is 28.5. The lowest BCUT2D eigenvalue weighted by molar-refractivity contribution is -0.138. The van der Waals surface area contributed by atoms with Crippen molar-refractivity contribution < 1.29 is 24.5 Å². The molecule has 1 atom stereocenters. The Bertz CT molecular complexity index is 1130. The van der Waals surface area contributed by atoms with Gasteiger partial charge in [-0.1, -0.05) is 18.2 Å². The molecule has 0 radical (unpaired) electrons. The van der Waals surface area contributed by atoms with E-state index in [2.05, 4.69) is 4.98 Å². The highest BCUT2D eigenvalue weighted by atomic mass is 16.5. The Balaban J connectivity index is 1.94. The first-order valence-corrected chi connectivity index (χ1v) is 8.95. The van der Waals surface area contributed by atoms with Crippen LogP contribution >= 0.6 is 0 Å². The Morgan fingerprint density at radius 2 is 1.90 bits per heavy atom. The van der Waals surface area contributed by atoms with Gasteiger partial charge in [0, 0.05) is 17.3 Å². The number of para-hydroxylation sites is 1. The first kappa shape index (κ1) is 20.6. The van der Waals surface area contributed by atoms with E-state index in [1.165, 1.54) is 0 Å². The van der Waals surface area contributed by atoms with E-state index < -0.39 is 17.9 Å². The quantitative estimate of drug-likeness (QED) is 0.400. The van der Waals surface area contributed by atoms with Crippen LogP contribution in [-0.2, 0) is 4.79 Å². The normalized spacial score (nSPS) is 11.5. The molecular weight excluding hydrogens is 388 g/mol. The average molecular weight is 406 g/mol. The molecule has 0 aliphatic rings. The third-order valence-electron chi connectivity index (χ3n) is 4.37. The second kappa shape index (κ2) is 8.89. The minimum absolute atomic E-state index is 0.0771. The molecule has 9 heteroatoms. The van der Waals surface area contributed by atoms with Crippen LogP contribution in [-0.4, -0.2) is 44.6 Å². The third-order valence-corrected chi connectivity index (χ3v) is 4.37. The minimum Gasteiger partial charge on any atom is -0.506 e. The molecule has 0 unspecified atom stereocenters. The number of fused-ring (bicyclic) bond motifs is 1. The standard InChI is InChI=1S/C21H18N4O5/c22-12-25(9-8-17(23)21(28)29)20(27)19-16-10-14(30-13-4-2-1-3-5-13)6-7-15(16)18(26)11-24-19/h1-7,10-11,17,26H,8-9,23H2,(H,28,29)/t17-/m0/s1. The largest absolute Gasteiger partial charge is 0.506 e. The monoisotopic (exact) mass is 406 g/mol. The van der Waals surface area contributed by atoms with Crippen molar-refractivity contribution >= 4 is 22.6 Å². The number of amides is 1. The molecule has 0 aliphatic heterocycles. The van der Waals surface area contributed by atoms with Gasteiger partial charge in [-0.15, -0.1) is 0 Å². The van der Waals surface area contributed by atoms with Gasteiger partial charge in [0.05, 0.1) is 6.20 Å². The Hall–Kier alpha value is -4.16. The zero-order valence-corrected chi connectivity index (χ0v) is 15.7. The lowest BCUT2D eigenvalue weighted by atomic mass is 10.1. The van der Waals surface area contributed by atoms with E-state index in [9.17, 15) is 20.0 Å². The number of rotatable bonds is 7. The van der Waals surface area contributed by atoms with Crippen molar-refractivity contribution in [2.24, 2.45) is 5.73 Å². The molecule has 152 valence electrons. The maximum absolute atomic E-state index is 12.9. The first-order valence-electron chi connectivity index (χ1n) is 8.95. The van der Waals surface area contributed by atoms with Crippen molar-refractivity contribution in [1.29, 1.82) is 5.26 Å². The number of carbonyl (C=O) groups is 2. The predicted octanol–water partition coefficient (Wildman–Crippen LogP) is 2.46. The summed E-state index contributed by atoms with van der Waals surface area (Å²) in [6, 6.07) is 12.6. The molecule has 3 rings (SSSR count). The number of hydrogen-bond donors (Lipinski definition) is 3. The van der Waals surface area contributed by atoms with Crippen molar-refractivity contribution in [3.63, 3.8) is 0 Å². The Morgan fingerprint density at radius 1 is 1.17 bits per heavy atom. The minimum atomic E-state index is -1.23. The van der Waals surface area contributed by atoms with Crippen LogP contribution in [0.2, 0.25) is 0 Å². The number of carboxylic acid groups (broad SMARTS) is 1. The van der Waals surface area contributed by atoms with Crippen molar-refractivity contribution in [3.8, 4) is 23.4 Å². The molecular formula is C21H18N4O5. The average Bonchev–Trinajstić information content (AvgIpc) is 2.74. The van der Waals surface area contributed by atoms with Crippen LogP contribution in [0.5, 0.6) is 17.2 Å². The summed E-state index contributed by atoms with van der Waals surface area (Å²) in [6.07, 6.45) is 2.74. The van der Waals surface area contributed by atoms with Gasteiger partial charge in [0.15, 0.2) is 6.19 Å². The number of aromatic nitrogens is 1. The van der Waals surface area contributed by atoms with Crippen molar-refractivity contribution in [3.05, 3.63) is 60.4 Å². The molecule has 1 amide bonds. The van der Waals surface area contributed by atoms with Gasteiger partial charge in [-0.2, -0.15) is 5.26 Å². The highest BCUT2D eigenvalue weighted by Crippen LogP contribution is 2.31. The molecule has 1 aromatic heterocycles. The van der Waals surface area contributed by atoms with Gasteiger partial charge in [0.2, 0.25) is 0 Å². The molecule has 1 heterocycles. The molecule has 0 saturated carbocycles. The number of aliphatic carboxylic acids is 1. The molecule has 4 N–H and O–H groups in total. The van der Waals surface area contributed by atoms with Gasteiger partial charge in [-0.05, 0) is 36.8 Å². The van der Waals surface area contributed by atoms with Gasteiger partial charge >= 0.3 is 5.97 Å². The van der Waals surface area contributed by atoms with Gasteiger partial charge in [-0.3, -0.25) is 9.59 Å². The van der Waals surface area contributed by atoms with Crippen LogP contribution in [0.15, 0.2) is 54.7 Å². The molecule has 0 saturated heterocycles. The molecule has 0 fully saturated rings. The van der Waals surface area contributed by atoms with Crippen LogP contribution in [0.25, 0.3) is 10.8 Å². The number of carboxylic acids is 1. The van der Waals surface area contributed by atoms with Crippen molar-refractivity contribution in [1.82, 2.24) is 9.88 Å². The number of ether oxygens (including phenoxy) is 1. The number of hydrogen-bond acceptors (Lipinski definition) is 7. The fourth-order valence-corrected chi connectivity index (χ4v) is 2.78. The van der Waals surface area contributed by atoms with Crippen molar-refractivity contribution in [2.45, 2.75) is 12.5 Å². The Morgan fingerprint density at radius 3 is 2.57 bits per heavy atom. The van der Waals surface area contributed by atoms with Crippen LogP contribution in [0.3, 0.4) is 0 Å². The highest BCUT2D eigenvalue weighted by Gasteiger charge is 2.23. The lowest BCUT2D eigenvalue weighted by Crippen LogP contribution is -2.36. The summed E-state index contributed by atoms with van der Waals surface area (Å²) in [5.74, 6) is -1.11. The number of pyridine rings is 1. The van der Waals surface area contributed by atoms with Gasteiger partial charge in [-0.25, -0.2) is 9.88 Å². The van der Waals surface area contributed by atoms with E-state index in [1.54, 1.807) is 36.5 Å². The Labute approximate surface area is 171 Å². The second-order valence-electron chi connectivity index (χ2n) is 6.40. The molecule has 0 spiro atoms. The summed E-state index contributed by atoms with van der Waals surface area (Å²) in [7, 11) is 0. The summed E-state index contributed by atoms with van der Waals surface area (Å²) in [5.41, 5.74) is 5.37. The zero-order chi connectivity index (χ0) is 21.7. The molecule has 30 heavy (non-hydrogen) atoms. The van der Waals surface area contributed by atoms with Crippen LogP contribution in [0.1, 0.15) is 16.9 Å². The fraction of sp³-hybridized carbons (Fsp3) is 0.143. The second-order valence-corrected chi connectivity index (χ2v) is 6.40. The molecule has 2 aromatic carbocycles. The number of nitriles is 1. The summed E-state index contributed by atoms with van der Waals surface area (Å²) in [6.45, 7) is -0.187. The molecule has 0 aliphatic carbocycles. The number of nitrogens with zero attached hydrogens (tertiary/aromatic N) is 3. The summed E-state index contributed by atoms with van der Waals surface area (Å²) in [5, 5.41) is 29.0. The van der Waals surface area contributed by atoms with Crippen molar-refractivity contribution in [2.75, 3.05) is 6.54 Å². The SMILES string of the molecule is N#CN(CC[C@H](N)C(=O)O)C(=O)c1ncc(O)c2ccc(Oc3ccccc3)cc12.